The van der Waals surface area contributed by atoms with Crippen LogP contribution in [-0.2, 0) is 9.53 Å². The highest BCUT2D eigenvalue weighted by molar-refractivity contribution is 5.81. The monoisotopic (exact) mass is 308 g/mol. The molecule has 2 rings (SSSR count). The Kier molecular flexibility index (Phi) is 5.48. The number of carbonyl (C=O) groups is 1. The van der Waals surface area contributed by atoms with Crippen LogP contribution < -0.4 is 11.1 Å². The Balaban J connectivity index is 1.96. The summed E-state index contributed by atoms with van der Waals surface area (Å²) in [7, 11) is 0. The third-order valence-electron chi connectivity index (χ3n) is 4.43. The molecular formula is C14H23F3N2O2. The predicted molar refractivity (Wildman–Crippen MR) is 71.5 cm³/mol. The fourth-order valence-electron chi connectivity index (χ4n) is 3.25. The minimum absolute atomic E-state index is 0.222. The van der Waals surface area contributed by atoms with Gasteiger partial charge >= 0.3 is 6.18 Å². The highest BCUT2D eigenvalue weighted by atomic mass is 19.4. The zero-order valence-electron chi connectivity index (χ0n) is 12.0. The number of amides is 1. The number of nitrogens with two attached hydrogens (primary N) is 1. The molecular weight excluding hydrogens is 285 g/mol. The SMILES string of the molecule is NC[C@H]1CC[C@@H](C(=O)NC(C2CCCCC2)C(F)(F)F)O1. The second kappa shape index (κ2) is 6.96. The molecule has 7 heteroatoms. The van der Waals surface area contributed by atoms with Gasteiger partial charge in [-0.3, -0.25) is 4.79 Å². The van der Waals surface area contributed by atoms with E-state index in [9.17, 15) is 18.0 Å². The van der Waals surface area contributed by atoms with Crippen LogP contribution in [0, 0.1) is 5.92 Å². The molecule has 0 radical (unpaired) electrons. The predicted octanol–water partition coefficient (Wildman–Crippen LogP) is 2.12. The van der Waals surface area contributed by atoms with Gasteiger partial charge in [0.15, 0.2) is 0 Å². The maximum atomic E-state index is 13.2. The van der Waals surface area contributed by atoms with Crippen LogP contribution in [0.25, 0.3) is 0 Å². The fourth-order valence-corrected chi connectivity index (χ4v) is 3.25. The molecule has 1 saturated heterocycles. The first-order chi connectivity index (χ1) is 9.91. The molecule has 1 unspecified atom stereocenters. The quantitative estimate of drug-likeness (QED) is 0.836. The highest BCUT2D eigenvalue weighted by Gasteiger charge is 2.46. The van der Waals surface area contributed by atoms with Crippen molar-refractivity contribution in [2.75, 3.05) is 6.54 Å². The maximum Gasteiger partial charge on any atom is 0.408 e. The molecule has 2 fully saturated rings. The lowest BCUT2D eigenvalue weighted by atomic mass is 9.83. The Bertz CT molecular complexity index is 357. The molecule has 1 aliphatic carbocycles. The Morgan fingerprint density at radius 3 is 2.38 bits per heavy atom. The summed E-state index contributed by atoms with van der Waals surface area (Å²) in [5.41, 5.74) is 5.45. The van der Waals surface area contributed by atoms with Gasteiger partial charge in [-0.25, -0.2) is 0 Å². The molecule has 2 aliphatic rings. The number of hydrogen-bond donors (Lipinski definition) is 2. The fraction of sp³-hybridized carbons (Fsp3) is 0.929. The van der Waals surface area contributed by atoms with E-state index in [1.54, 1.807) is 0 Å². The van der Waals surface area contributed by atoms with Gasteiger partial charge in [0.05, 0.1) is 6.10 Å². The molecule has 0 bridgehead atoms. The Hall–Kier alpha value is -0.820. The van der Waals surface area contributed by atoms with E-state index in [1.807, 2.05) is 0 Å². The third kappa shape index (κ3) is 4.32. The molecule has 1 amide bonds. The van der Waals surface area contributed by atoms with E-state index in [2.05, 4.69) is 5.32 Å². The second-order valence-corrected chi connectivity index (χ2v) is 5.99. The molecule has 1 saturated carbocycles. The second-order valence-electron chi connectivity index (χ2n) is 5.99. The Morgan fingerprint density at radius 2 is 1.86 bits per heavy atom. The number of ether oxygens (including phenoxy) is 1. The van der Waals surface area contributed by atoms with Gasteiger partial charge in [0.1, 0.15) is 12.1 Å². The van der Waals surface area contributed by atoms with E-state index in [1.165, 1.54) is 0 Å². The van der Waals surface area contributed by atoms with Crippen molar-refractivity contribution in [3.05, 3.63) is 0 Å². The van der Waals surface area contributed by atoms with E-state index in [4.69, 9.17) is 10.5 Å². The van der Waals surface area contributed by atoms with Crippen molar-refractivity contribution in [3.8, 4) is 0 Å². The van der Waals surface area contributed by atoms with Crippen molar-refractivity contribution >= 4 is 5.91 Å². The van der Waals surface area contributed by atoms with Crippen molar-refractivity contribution in [1.29, 1.82) is 0 Å². The number of rotatable bonds is 4. The minimum atomic E-state index is -4.41. The van der Waals surface area contributed by atoms with Crippen LogP contribution in [-0.4, -0.2) is 36.9 Å². The molecule has 3 atom stereocenters. The van der Waals surface area contributed by atoms with Gasteiger partial charge in [-0.1, -0.05) is 19.3 Å². The van der Waals surface area contributed by atoms with Crippen molar-refractivity contribution < 1.29 is 22.7 Å². The number of halogens is 3. The van der Waals surface area contributed by atoms with Crippen LogP contribution in [0.1, 0.15) is 44.9 Å². The van der Waals surface area contributed by atoms with E-state index >= 15 is 0 Å². The summed E-state index contributed by atoms with van der Waals surface area (Å²) in [5.74, 6) is -1.17. The van der Waals surface area contributed by atoms with Crippen molar-refractivity contribution in [2.45, 2.75) is 69.4 Å². The minimum Gasteiger partial charge on any atom is -0.364 e. The molecule has 0 aromatic carbocycles. The number of carbonyl (C=O) groups excluding carboxylic acids is 1. The Labute approximate surface area is 122 Å². The molecule has 0 aromatic heterocycles. The largest absolute Gasteiger partial charge is 0.408 e. The summed E-state index contributed by atoms with van der Waals surface area (Å²) in [5, 5.41) is 2.18. The smallest absolute Gasteiger partial charge is 0.364 e. The molecule has 1 heterocycles. The lowest BCUT2D eigenvalue weighted by Gasteiger charge is -2.32. The number of alkyl halides is 3. The summed E-state index contributed by atoms with van der Waals surface area (Å²) in [6.45, 7) is 0.287. The first-order valence-electron chi connectivity index (χ1n) is 7.64. The van der Waals surface area contributed by atoms with Crippen LogP contribution in [0.4, 0.5) is 13.2 Å². The van der Waals surface area contributed by atoms with E-state index in [-0.39, 0.29) is 12.6 Å². The highest BCUT2D eigenvalue weighted by Crippen LogP contribution is 2.35. The van der Waals surface area contributed by atoms with Gasteiger partial charge in [0.25, 0.3) is 0 Å². The van der Waals surface area contributed by atoms with Gasteiger partial charge in [0, 0.05) is 6.54 Å². The van der Waals surface area contributed by atoms with Crippen LogP contribution in [0.2, 0.25) is 0 Å². The summed E-state index contributed by atoms with van der Waals surface area (Å²) in [4.78, 5) is 12.0. The summed E-state index contributed by atoms with van der Waals surface area (Å²) < 4.78 is 45.0. The van der Waals surface area contributed by atoms with E-state index in [0.29, 0.717) is 25.7 Å². The maximum absolute atomic E-state index is 13.2. The molecule has 0 aromatic rings. The van der Waals surface area contributed by atoms with Gasteiger partial charge in [-0.2, -0.15) is 13.2 Å². The first kappa shape index (κ1) is 16.5. The first-order valence-corrected chi connectivity index (χ1v) is 7.64. The topological polar surface area (TPSA) is 64.4 Å². The van der Waals surface area contributed by atoms with Gasteiger partial charge in [-0.15, -0.1) is 0 Å². The van der Waals surface area contributed by atoms with Crippen LogP contribution in [0.15, 0.2) is 0 Å². The van der Waals surface area contributed by atoms with Crippen molar-refractivity contribution in [1.82, 2.24) is 5.32 Å². The molecule has 4 nitrogen and oxygen atoms in total. The molecule has 21 heavy (non-hydrogen) atoms. The normalized spacial score (nSPS) is 29.3. The Morgan fingerprint density at radius 1 is 1.19 bits per heavy atom. The lowest BCUT2D eigenvalue weighted by Crippen LogP contribution is -2.53. The van der Waals surface area contributed by atoms with Crippen LogP contribution >= 0.6 is 0 Å². The standard InChI is InChI=1S/C14H23F3N2O2/c15-14(16,17)12(9-4-2-1-3-5-9)19-13(20)11-7-6-10(8-18)21-11/h9-12H,1-8,18H2,(H,19,20)/t10-,11+,12?/m1/s1. The van der Waals surface area contributed by atoms with Gasteiger partial charge < -0.3 is 15.8 Å². The lowest BCUT2D eigenvalue weighted by molar-refractivity contribution is -0.176. The number of hydrogen-bond acceptors (Lipinski definition) is 3. The zero-order chi connectivity index (χ0) is 15.5. The molecule has 0 spiro atoms. The number of nitrogens with one attached hydrogen (secondary N) is 1. The summed E-state index contributed by atoms with van der Waals surface area (Å²) in [6, 6.07) is -1.76. The molecule has 3 N–H and O–H groups in total. The molecule has 122 valence electrons. The zero-order valence-corrected chi connectivity index (χ0v) is 12.0. The average molecular weight is 308 g/mol. The van der Waals surface area contributed by atoms with Gasteiger partial charge in [0.2, 0.25) is 5.91 Å². The average Bonchev–Trinajstić information content (AvgIpc) is 2.93. The van der Waals surface area contributed by atoms with Crippen LogP contribution in [0.3, 0.4) is 0 Å². The van der Waals surface area contributed by atoms with Crippen LogP contribution in [0.5, 0.6) is 0 Å². The summed E-state index contributed by atoms with van der Waals surface area (Å²) >= 11 is 0. The third-order valence-corrected chi connectivity index (χ3v) is 4.43. The van der Waals surface area contributed by atoms with Crippen molar-refractivity contribution in [3.63, 3.8) is 0 Å². The molecule has 1 aliphatic heterocycles. The summed E-state index contributed by atoms with van der Waals surface area (Å²) in [6.07, 6.45) is -0.792. The van der Waals surface area contributed by atoms with E-state index < -0.39 is 30.1 Å². The van der Waals surface area contributed by atoms with E-state index in [0.717, 1.165) is 19.3 Å². The van der Waals surface area contributed by atoms with Gasteiger partial charge in [-0.05, 0) is 31.6 Å². The van der Waals surface area contributed by atoms with Crippen molar-refractivity contribution in [2.24, 2.45) is 11.7 Å².